The van der Waals surface area contributed by atoms with Crippen molar-refractivity contribution in [3.05, 3.63) is 94.0 Å². The molecule has 1 fully saturated rings. The summed E-state index contributed by atoms with van der Waals surface area (Å²) in [5, 5.41) is 13.2. The Kier molecular flexibility index (Phi) is 7.65. The zero-order valence-electron chi connectivity index (χ0n) is 20.4. The number of piperazine rings is 1. The number of rotatable bonds is 4. The first-order valence-electron chi connectivity index (χ1n) is 11.6. The van der Waals surface area contributed by atoms with Gasteiger partial charge in [0.2, 0.25) is 22.2 Å². The van der Waals surface area contributed by atoms with E-state index in [1.54, 1.807) is 30.3 Å². The first-order valence-corrected chi connectivity index (χ1v) is 13.4. The van der Waals surface area contributed by atoms with E-state index < -0.39 is 16.1 Å². The zero-order chi connectivity index (χ0) is 25.9. The third-order valence-corrected chi connectivity index (χ3v) is 8.86. The van der Waals surface area contributed by atoms with Crippen molar-refractivity contribution in [2.75, 3.05) is 25.0 Å². The van der Waals surface area contributed by atoms with Gasteiger partial charge in [-0.15, -0.1) is 4.99 Å². The Morgan fingerprint density at radius 1 is 1.00 bits per heavy atom. The predicted molar refractivity (Wildman–Crippen MR) is 143 cm³/mol. The van der Waals surface area contributed by atoms with Crippen molar-refractivity contribution in [1.29, 1.82) is 5.26 Å². The zero-order valence-corrected chi connectivity index (χ0v) is 22.0. The van der Waals surface area contributed by atoms with Crippen molar-refractivity contribution in [2.45, 2.75) is 31.7 Å². The number of guanidine groups is 1. The van der Waals surface area contributed by atoms with Gasteiger partial charge in [0.1, 0.15) is 0 Å². The molecule has 0 aromatic heterocycles. The second-order valence-electron chi connectivity index (χ2n) is 8.83. The van der Waals surface area contributed by atoms with Crippen LogP contribution in [0.2, 0.25) is 5.02 Å². The monoisotopic (exact) mass is 521 g/mol. The number of benzene rings is 3. The van der Waals surface area contributed by atoms with Crippen molar-refractivity contribution in [2.24, 2.45) is 4.99 Å². The van der Waals surface area contributed by atoms with Gasteiger partial charge >= 0.3 is 0 Å². The highest BCUT2D eigenvalue weighted by Crippen LogP contribution is 2.34. The van der Waals surface area contributed by atoms with E-state index in [1.807, 2.05) is 72.6 Å². The lowest BCUT2D eigenvalue weighted by Crippen LogP contribution is -2.53. The molecule has 0 radical (unpaired) electrons. The van der Waals surface area contributed by atoms with Crippen molar-refractivity contribution in [1.82, 2.24) is 9.21 Å². The molecule has 0 bridgehead atoms. The van der Waals surface area contributed by atoms with Crippen LogP contribution < -0.4 is 5.32 Å². The SMILES string of the molecule is Cc1cc(S(=O)(=O)N2CCN(/C(=N\C#N)Nc3ccccc3C)CC2c2ccccc2)c(C)cc1Cl. The van der Waals surface area contributed by atoms with Gasteiger partial charge < -0.3 is 10.2 Å². The Balaban J connectivity index is 1.72. The summed E-state index contributed by atoms with van der Waals surface area (Å²) in [5.41, 5.74) is 4.03. The van der Waals surface area contributed by atoms with Crippen LogP contribution in [0.15, 0.2) is 76.6 Å². The quantitative estimate of drug-likeness (QED) is 0.287. The predicted octanol–water partition coefficient (Wildman–Crippen LogP) is 5.26. The van der Waals surface area contributed by atoms with E-state index >= 15 is 0 Å². The van der Waals surface area contributed by atoms with Gasteiger partial charge in [-0.2, -0.15) is 9.57 Å². The summed E-state index contributed by atoms with van der Waals surface area (Å²) in [6.07, 6.45) is 1.89. The van der Waals surface area contributed by atoms with Crippen LogP contribution in [0.5, 0.6) is 0 Å². The molecule has 186 valence electrons. The highest BCUT2D eigenvalue weighted by atomic mass is 35.5. The molecule has 9 heteroatoms. The average Bonchev–Trinajstić information content (AvgIpc) is 2.87. The van der Waals surface area contributed by atoms with Crippen LogP contribution >= 0.6 is 11.6 Å². The Morgan fingerprint density at radius 2 is 1.69 bits per heavy atom. The average molecular weight is 522 g/mol. The van der Waals surface area contributed by atoms with E-state index in [2.05, 4.69) is 10.3 Å². The molecule has 1 aliphatic rings. The minimum atomic E-state index is -3.83. The van der Waals surface area contributed by atoms with E-state index in [0.29, 0.717) is 35.2 Å². The molecule has 1 N–H and O–H groups in total. The molecular formula is C27H28ClN5O2S. The molecule has 7 nitrogen and oxygen atoms in total. The molecule has 1 aliphatic heterocycles. The molecule has 4 rings (SSSR count). The number of anilines is 1. The molecule has 1 atom stereocenters. The van der Waals surface area contributed by atoms with Crippen LogP contribution in [0.25, 0.3) is 0 Å². The summed E-state index contributed by atoms with van der Waals surface area (Å²) >= 11 is 6.25. The van der Waals surface area contributed by atoms with Crippen LogP contribution in [0.1, 0.15) is 28.3 Å². The summed E-state index contributed by atoms with van der Waals surface area (Å²) in [7, 11) is -3.83. The Morgan fingerprint density at radius 3 is 2.39 bits per heavy atom. The van der Waals surface area contributed by atoms with Crippen LogP contribution in [-0.4, -0.2) is 43.2 Å². The highest BCUT2D eigenvalue weighted by Gasteiger charge is 2.38. The second-order valence-corrected chi connectivity index (χ2v) is 11.1. The molecule has 1 unspecified atom stereocenters. The summed E-state index contributed by atoms with van der Waals surface area (Å²) in [5.74, 6) is 0.392. The maximum atomic E-state index is 14.0. The molecule has 0 saturated carbocycles. The van der Waals surface area contributed by atoms with Gasteiger partial charge in [0, 0.05) is 30.3 Å². The van der Waals surface area contributed by atoms with Gasteiger partial charge in [0.25, 0.3) is 0 Å². The molecule has 3 aromatic rings. The number of nitriles is 1. The molecular weight excluding hydrogens is 494 g/mol. The van der Waals surface area contributed by atoms with E-state index in [1.165, 1.54) is 0 Å². The third kappa shape index (κ3) is 5.24. The van der Waals surface area contributed by atoms with E-state index in [0.717, 1.165) is 16.8 Å². The number of halogens is 1. The van der Waals surface area contributed by atoms with E-state index in [9.17, 15) is 13.7 Å². The molecule has 0 spiro atoms. The Hall–Kier alpha value is -3.38. The smallest absolute Gasteiger partial charge is 0.244 e. The van der Waals surface area contributed by atoms with Gasteiger partial charge in [0.05, 0.1) is 10.9 Å². The van der Waals surface area contributed by atoms with Crippen LogP contribution in [0.4, 0.5) is 5.69 Å². The van der Waals surface area contributed by atoms with Gasteiger partial charge in [0.15, 0.2) is 0 Å². The van der Waals surface area contributed by atoms with E-state index in [-0.39, 0.29) is 11.4 Å². The van der Waals surface area contributed by atoms with Crippen molar-refractivity contribution < 1.29 is 8.42 Å². The van der Waals surface area contributed by atoms with Gasteiger partial charge in [-0.25, -0.2) is 8.42 Å². The van der Waals surface area contributed by atoms with Gasteiger partial charge in [-0.3, -0.25) is 0 Å². The highest BCUT2D eigenvalue weighted by molar-refractivity contribution is 7.89. The molecule has 0 amide bonds. The van der Waals surface area contributed by atoms with Gasteiger partial charge in [-0.1, -0.05) is 60.1 Å². The first-order chi connectivity index (χ1) is 17.2. The molecule has 3 aromatic carbocycles. The Labute approximate surface area is 217 Å². The number of nitrogens with zero attached hydrogens (tertiary/aromatic N) is 4. The normalized spacial score (nSPS) is 17.0. The first kappa shape index (κ1) is 25.7. The lowest BCUT2D eigenvalue weighted by Gasteiger charge is -2.42. The van der Waals surface area contributed by atoms with Gasteiger partial charge in [-0.05, 0) is 61.2 Å². The lowest BCUT2D eigenvalue weighted by atomic mass is 10.0. The number of aryl methyl sites for hydroxylation is 3. The third-order valence-electron chi connectivity index (χ3n) is 6.41. The maximum absolute atomic E-state index is 14.0. The number of hydrogen-bond donors (Lipinski definition) is 1. The molecule has 1 saturated heterocycles. The summed E-state index contributed by atoms with van der Waals surface area (Å²) < 4.78 is 29.5. The standard InChI is InChI=1S/C27H28ClN5O2S/c1-19-9-7-8-12-24(19)31-27(30-18-29)32-13-14-33(25(17-32)22-10-5-4-6-11-22)36(34,35)26-16-20(2)23(28)15-21(26)3/h4-12,15-16,25H,13-14,17H2,1-3H3,(H,30,31). The van der Waals surface area contributed by atoms with Crippen molar-refractivity contribution in [3.8, 4) is 6.19 Å². The summed E-state index contributed by atoms with van der Waals surface area (Å²) in [6, 6.07) is 20.1. The fraction of sp³-hybridized carbons (Fsp3) is 0.259. The summed E-state index contributed by atoms with van der Waals surface area (Å²) in [6.45, 7) is 6.45. The fourth-order valence-corrected chi connectivity index (χ4v) is 6.52. The van der Waals surface area contributed by atoms with Crippen LogP contribution in [0, 0.1) is 32.2 Å². The molecule has 0 aliphatic carbocycles. The van der Waals surface area contributed by atoms with Crippen molar-refractivity contribution in [3.63, 3.8) is 0 Å². The number of hydrogen-bond acceptors (Lipinski definition) is 4. The Bertz CT molecular complexity index is 1430. The number of nitrogens with one attached hydrogen (secondary N) is 1. The van der Waals surface area contributed by atoms with Crippen LogP contribution in [0.3, 0.4) is 0 Å². The topological polar surface area (TPSA) is 88.8 Å². The summed E-state index contributed by atoms with van der Waals surface area (Å²) in [4.78, 5) is 6.23. The maximum Gasteiger partial charge on any atom is 0.244 e. The van der Waals surface area contributed by atoms with Crippen LogP contribution in [-0.2, 0) is 10.0 Å². The molecule has 36 heavy (non-hydrogen) atoms. The minimum Gasteiger partial charge on any atom is -0.339 e. The lowest BCUT2D eigenvalue weighted by molar-refractivity contribution is 0.194. The number of sulfonamides is 1. The van der Waals surface area contributed by atoms with E-state index in [4.69, 9.17) is 11.6 Å². The second kappa shape index (κ2) is 10.7. The van der Waals surface area contributed by atoms with Crippen molar-refractivity contribution >= 4 is 33.3 Å². The number of aliphatic imine (C=N–C) groups is 1. The largest absolute Gasteiger partial charge is 0.339 e. The fourth-order valence-electron chi connectivity index (χ4n) is 4.41. The molecule has 1 heterocycles. The number of para-hydroxylation sites is 1. The minimum absolute atomic E-state index is 0.225.